The Morgan fingerprint density at radius 2 is 0.941 bits per heavy atom. The minimum absolute atomic E-state index is 0.0666. The molecule has 188 valence electrons. The summed E-state index contributed by atoms with van der Waals surface area (Å²) in [5.74, 6) is 2.26. The molecule has 0 aliphatic heterocycles. The highest BCUT2D eigenvalue weighted by Gasteiger charge is 2.48. The highest BCUT2D eigenvalue weighted by molar-refractivity contribution is 7.86. The first-order valence-corrected chi connectivity index (χ1v) is 13.7. The van der Waals surface area contributed by atoms with Gasteiger partial charge in [0.25, 0.3) is 20.2 Å². The van der Waals surface area contributed by atoms with Gasteiger partial charge in [-0.1, -0.05) is 54.5 Å². The Labute approximate surface area is 201 Å². The van der Waals surface area contributed by atoms with E-state index in [4.69, 9.17) is 19.3 Å². The maximum Gasteiger partial charge on any atom is 0.294 e. The molecular weight excluding hydrogens is 480 g/mol. The van der Waals surface area contributed by atoms with E-state index in [1.54, 1.807) is 24.3 Å². The summed E-state index contributed by atoms with van der Waals surface area (Å²) < 4.78 is 59.1. The summed E-state index contributed by atoms with van der Waals surface area (Å²) in [5.41, 5.74) is 1.91. The first kappa shape index (κ1) is 28.2. The average Bonchev–Trinajstić information content (AvgIpc) is 3.26. The molecule has 0 radical (unpaired) electrons. The number of aryl methyl sites for hydroxylation is 2. The largest absolute Gasteiger partial charge is 0.396 e. The summed E-state index contributed by atoms with van der Waals surface area (Å²) in [5, 5.41) is 18.3. The van der Waals surface area contributed by atoms with Crippen LogP contribution in [0.1, 0.15) is 18.1 Å². The van der Waals surface area contributed by atoms with Crippen LogP contribution in [-0.2, 0) is 20.2 Å². The maximum atomic E-state index is 10.5. The van der Waals surface area contributed by atoms with E-state index in [0.29, 0.717) is 29.6 Å². The smallest absolute Gasteiger partial charge is 0.294 e. The summed E-state index contributed by atoms with van der Waals surface area (Å²) >= 11 is 0. The lowest BCUT2D eigenvalue weighted by atomic mass is 9.84. The molecule has 4 atom stereocenters. The van der Waals surface area contributed by atoms with Gasteiger partial charge in [0.1, 0.15) is 0 Å². The third-order valence-electron chi connectivity index (χ3n) is 6.37. The third-order valence-corrected chi connectivity index (χ3v) is 8.10. The average molecular weight is 513 g/mol. The summed E-state index contributed by atoms with van der Waals surface area (Å²) in [6.07, 6.45) is 4.42. The van der Waals surface area contributed by atoms with Gasteiger partial charge in [-0.3, -0.25) is 9.11 Å². The maximum absolute atomic E-state index is 10.5. The zero-order valence-electron chi connectivity index (χ0n) is 19.3. The van der Waals surface area contributed by atoms with E-state index < -0.39 is 20.2 Å². The molecule has 0 aromatic heterocycles. The molecule has 1 saturated carbocycles. The minimum atomic E-state index is -4.02. The lowest BCUT2D eigenvalue weighted by molar-refractivity contribution is 0.112. The molecular formula is C24H32O8S2. The first-order chi connectivity index (χ1) is 15.8. The molecule has 0 saturated heterocycles. The number of benzene rings is 2. The van der Waals surface area contributed by atoms with Gasteiger partial charge in [-0.05, 0) is 67.7 Å². The number of rotatable bonds is 4. The molecule has 2 aliphatic carbocycles. The predicted octanol–water partition coefficient (Wildman–Crippen LogP) is 3.14. The van der Waals surface area contributed by atoms with Gasteiger partial charge < -0.3 is 10.2 Å². The van der Waals surface area contributed by atoms with Crippen molar-refractivity contribution < 1.29 is 36.2 Å². The van der Waals surface area contributed by atoms with E-state index in [1.165, 1.54) is 24.3 Å². The molecule has 4 unspecified atom stereocenters. The molecule has 0 spiro atoms. The SMILES string of the molecule is CC1C2C=CC1C(CO)C2CO.Cc1ccc(S(=O)(=O)O)cc1.Cc1ccc(S(=O)(=O)O)cc1. The topological polar surface area (TPSA) is 149 Å². The fraction of sp³-hybridized carbons (Fsp3) is 0.417. The van der Waals surface area contributed by atoms with E-state index in [0.717, 1.165) is 11.1 Å². The fourth-order valence-electron chi connectivity index (χ4n) is 4.43. The Morgan fingerprint density at radius 1 is 0.647 bits per heavy atom. The van der Waals surface area contributed by atoms with Gasteiger partial charge in [-0.25, -0.2) is 0 Å². The van der Waals surface area contributed by atoms with Crippen molar-refractivity contribution in [2.75, 3.05) is 13.2 Å². The quantitative estimate of drug-likeness (QED) is 0.361. The van der Waals surface area contributed by atoms with Gasteiger partial charge in [-0.2, -0.15) is 16.8 Å². The summed E-state index contributed by atoms with van der Waals surface area (Å²) in [7, 11) is -8.04. The van der Waals surface area contributed by atoms with Crippen molar-refractivity contribution in [1.82, 2.24) is 0 Å². The van der Waals surface area contributed by atoms with E-state index in [-0.39, 0.29) is 23.0 Å². The number of fused-ring (bicyclic) bond motifs is 2. The molecule has 8 nitrogen and oxygen atoms in total. The molecule has 2 aliphatic rings. The molecule has 4 rings (SSSR count). The Morgan fingerprint density at radius 3 is 1.18 bits per heavy atom. The van der Waals surface area contributed by atoms with Crippen molar-refractivity contribution in [2.45, 2.75) is 30.6 Å². The van der Waals surface area contributed by atoms with Crippen LogP contribution in [0, 0.1) is 43.4 Å². The lowest BCUT2D eigenvalue weighted by Gasteiger charge is -2.23. The van der Waals surface area contributed by atoms with Gasteiger partial charge in [0.2, 0.25) is 0 Å². The molecule has 2 bridgehead atoms. The number of hydrogen-bond acceptors (Lipinski definition) is 6. The third kappa shape index (κ3) is 7.21. The van der Waals surface area contributed by atoms with E-state index in [9.17, 15) is 16.8 Å². The molecule has 34 heavy (non-hydrogen) atoms. The van der Waals surface area contributed by atoms with Crippen molar-refractivity contribution in [2.24, 2.45) is 29.6 Å². The fourth-order valence-corrected chi connectivity index (χ4v) is 5.39. The molecule has 4 N–H and O–H groups in total. The summed E-state index contributed by atoms with van der Waals surface area (Å²) in [6, 6.07) is 12.0. The van der Waals surface area contributed by atoms with Gasteiger partial charge in [0, 0.05) is 13.2 Å². The highest BCUT2D eigenvalue weighted by atomic mass is 32.2. The van der Waals surface area contributed by atoms with Crippen LogP contribution in [0.2, 0.25) is 0 Å². The van der Waals surface area contributed by atoms with Crippen molar-refractivity contribution in [3.63, 3.8) is 0 Å². The number of aliphatic hydroxyl groups excluding tert-OH is 2. The Bertz CT molecular complexity index is 1080. The molecule has 2 aromatic carbocycles. The second kappa shape index (κ2) is 11.6. The zero-order chi connectivity index (χ0) is 25.7. The Hall–Kier alpha value is -2.08. The standard InChI is InChI=1S/C10H16O2.2C7H8O3S/c1-6-7-2-3-8(6)10(5-12)9(7)4-11;2*1-6-2-4-7(5-3-6)11(8,9)10/h2-3,6-12H,4-5H2,1H3;2*2-5H,1H3,(H,8,9,10). The Balaban J connectivity index is 0.000000181. The summed E-state index contributed by atoms with van der Waals surface area (Å²) in [6.45, 7) is 6.34. The monoisotopic (exact) mass is 512 g/mol. The van der Waals surface area contributed by atoms with Crippen molar-refractivity contribution in [3.8, 4) is 0 Å². The van der Waals surface area contributed by atoms with Crippen molar-refractivity contribution in [3.05, 3.63) is 71.8 Å². The minimum Gasteiger partial charge on any atom is -0.396 e. The van der Waals surface area contributed by atoms with Crippen LogP contribution < -0.4 is 0 Å². The molecule has 0 amide bonds. The second-order valence-electron chi connectivity index (χ2n) is 8.67. The van der Waals surface area contributed by atoms with Gasteiger partial charge in [-0.15, -0.1) is 0 Å². The van der Waals surface area contributed by atoms with Crippen LogP contribution in [0.4, 0.5) is 0 Å². The van der Waals surface area contributed by atoms with Gasteiger partial charge in [0.05, 0.1) is 9.79 Å². The van der Waals surface area contributed by atoms with Crippen LogP contribution >= 0.6 is 0 Å². The highest BCUT2D eigenvalue weighted by Crippen LogP contribution is 2.51. The van der Waals surface area contributed by atoms with Crippen LogP contribution in [0.25, 0.3) is 0 Å². The van der Waals surface area contributed by atoms with E-state index in [1.807, 2.05) is 13.8 Å². The number of allylic oxidation sites excluding steroid dienone is 2. The number of hydrogen-bond donors (Lipinski definition) is 4. The molecule has 1 fully saturated rings. The van der Waals surface area contributed by atoms with Gasteiger partial charge >= 0.3 is 0 Å². The van der Waals surface area contributed by atoms with Crippen LogP contribution in [0.3, 0.4) is 0 Å². The normalized spacial score (nSPS) is 25.2. The molecule has 0 heterocycles. The summed E-state index contributed by atoms with van der Waals surface area (Å²) in [4.78, 5) is -0.133. The zero-order valence-corrected chi connectivity index (χ0v) is 20.9. The van der Waals surface area contributed by atoms with E-state index in [2.05, 4.69) is 19.1 Å². The van der Waals surface area contributed by atoms with Crippen molar-refractivity contribution in [1.29, 1.82) is 0 Å². The predicted molar refractivity (Wildman–Crippen MR) is 128 cm³/mol. The number of aliphatic hydroxyl groups is 2. The van der Waals surface area contributed by atoms with Crippen LogP contribution in [0.15, 0.2) is 70.5 Å². The van der Waals surface area contributed by atoms with Crippen LogP contribution in [-0.4, -0.2) is 49.4 Å². The second-order valence-corrected chi connectivity index (χ2v) is 11.5. The molecule has 10 heteroatoms. The lowest BCUT2D eigenvalue weighted by Crippen LogP contribution is -2.25. The Kier molecular flexibility index (Phi) is 9.58. The van der Waals surface area contributed by atoms with Crippen molar-refractivity contribution >= 4 is 20.2 Å². The van der Waals surface area contributed by atoms with Gasteiger partial charge in [0.15, 0.2) is 0 Å². The van der Waals surface area contributed by atoms with E-state index >= 15 is 0 Å². The molecule has 2 aromatic rings. The van der Waals surface area contributed by atoms with Crippen LogP contribution in [0.5, 0.6) is 0 Å². The first-order valence-electron chi connectivity index (χ1n) is 10.8.